The van der Waals surface area contributed by atoms with Gasteiger partial charge in [0.05, 0.1) is 6.61 Å². The predicted octanol–water partition coefficient (Wildman–Crippen LogP) is 6.64. The molecule has 0 aromatic heterocycles. The third kappa shape index (κ3) is 5.36. The third-order valence-corrected chi connectivity index (χ3v) is 5.99. The van der Waals surface area contributed by atoms with Crippen molar-refractivity contribution in [2.75, 3.05) is 13.4 Å². The summed E-state index contributed by atoms with van der Waals surface area (Å²) in [5, 5.41) is 5.07. The average molecular weight is 495 g/mol. The fourth-order valence-electron chi connectivity index (χ4n) is 3.31. The molecule has 0 saturated carbocycles. The van der Waals surface area contributed by atoms with Gasteiger partial charge in [-0.25, -0.2) is 0 Å². The van der Waals surface area contributed by atoms with Gasteiger partial charge >= 0.3 is 0 Å². The first-order valence-electron chi connectivity index (χ1n) is 10.1. The van der Waals surface area contributed by atoms with Gasteiger partial charge in [-0.15, -0.1) is 0 Å². The van der Waals surface area contributed by atoms with Gasteiger partial charge in [-0.2, -0.15) is 0 Å². The lowest BCUT2D eigenvalue weighted by Crippen LogP contribution is -2.13. The minimum absolute atomic E-state index is 0.205. The van der Waals surface area contributed by atoms with Crippen LogP contribution in [-0.4, -0.2) is 13.4 Å². The Bertz CT molecular complexity index is 1090. The molecule has 0 spiro atoms. The van der Waals surface area contributed by atoms with E-state index >= 15 is 0 Å². The number of benzene rings is 3. The van der Waals surface area contributed by atoms with Crippen LogP contribution >= 0.6 is 34.8 Å². The van der Waals surface area contributed by atoms with Crippen LogP contribution < -0.4 is 24.3 Å². The van der Waals surface area contributed by atoms with Crippen LogP contribution in [0.25, 0.3) is 0 Å². The molecule has 0 atom stereocenters. The second kappa shape index (κ2) is 10.5. The molecule has 0 fully saturated rings. The maximum Gasteiger partial charge on any atom is 0.231 e. The van der Waals surface area contributed by atoms with Crippen molar-refractivity contribution in [1.82, 2.24) is 5.32 Å². The molecule has 1 N–H and O–H groups in total. The fraction of sp³-hybridized carbons (Fsp3) is 0.250. The quantitative estimate of drug-likeness (QED) is 0.361. The van der Waals surface area contributed by atoms with E-state index in [1.165, 1.54) is 0 Å². The minimum atomic E-state index is 0.205. The van der Waals surface area contributed by atoms with Gasteiger partial charge in [0, 0.05) is 39.8 Å². The van der Waals surface area contributed by atoms with Gasteiger partial charge in [0.2, 0.25) is 6.79 Å². The number of nitrogens with one attached hydrogen (secondary N) is 1. The second-order valence-electron chi connectivity index (χ2n) is 7.10. The molecule has 0 amide bonds. The van der Waals surface area contributed by atoms with Crippen LogP contribution in [0.4, 0.5) is 0 Å². The highest BCUT2D eigenvalue weighted by Crippen LogP contribution is 2.36. The molecule has 0 radical (unpaired) electrons. The summed E-state index contributed by atoms with van der Waals surface area (Å²) in [5.41, 5.74) is 2.70. The molecule has 1 aliphatic heterocycles. The smallest absolute Gasteiger partial charge is 0.231 e. The first-order valence-corrected chi connectivity index (χ1v) is 11.3. The van der Waals surface area contributed by atoms with E-state index in [0.717, 1.165) is 22.6 Å². The van der Waals surface area contributed by atoms with Crippen LogP contribution in [0.2, 0.25) is 15.1 Å². The number of rotatable bonds is 9. The van der Waals surface area contributed by atoms with Gasteiger partial charge in [-0.05, 0) is 48.4 Å². The minimum Gasteiger partial charge on any atom is -0.490 e. The maximum absolute atomic E-state index is 6.54. The lowest BCUT2D eigenvalue weighted by molar-refractivity contribution is 0.174. The average Bonchev–Trinajstić information content (AvgIpc) is 3.24. The van der Waals surface area contributed by atoms with Gasteiger partial charge in [-0.1, -0.05) is 46.9 Å². The molecule has 1 heterocycles. The molecule has 4 rings (SSSR count). The fourth-order valence-corrected chi connectivity index (χ4v) is 4.03. The Morgan fingerprint density at radius 3 is 2.38 bits per heavy atom. The molecule has 0 bridgehead atoms. The van der Waals surface area contributed by atoms with Crippen molar-refractivity contribution in [3.8, 4) is 23.0 Å². The van der Waals surface area contributed by atoms with Crippen LogP contribution in [0.1, 0.15) is 23.6 Å². The summed E-state index contributed by atoms with van der Waals surface area (Å²) in [6, 6.07) is 14.9. The Balaban J connectivity index is 1.43. The Morgan fingerprint density at radius 1 is 0.844 bits per heavy atom. The van der Waals surface area contributed by atoms with Crippen molar-refractivity contribution in [2.45, 2.75) is 26.6 Å². The molecule has 0 saturated heterocycles. The van der Waals surface area contributed by atoms with Crippen molar-refractivity contribution in [1.29, 1.82) is 0 Å². The van der Waals surface area contributed by atoms with Crippen molar-refractivity contribution in [2.24, 2.45) is 0 Å². The summed E-state index contributed by atoms with van der Waals surface area (Å²) >= 11 is 19.0. The molecule has 5 nitrogen and oxygen atoms in total. The van der Waals surface area contributed by atoms with Gasteiger partial charge < -0.3 is 24.3 Å². The number of hydrogen-bond acceptors (Lipinski definition) is 5. The Kier molecular flexibility index (Phi) is 7.53. The number of hydrogen-bond donors (Lipinski definition) is 1. The van der Waals surface area contributed by atoms with E-state index in [1.54, 1.807) is 24.3 Å². The maximum atomic E-state index is 6.54. The van der Waals surface area contributed by atoms with E-state index in [9.17, 15) is 0 Å². The topological polar surface area (TPSA) is 49.0 Å². The molecular formula is C24H22Cl3NO4. The van der Waals surface area contributed by atoms with Crippen molar-refractivity contribution in [3.63, 3.8) is 0 Å². The largest absolute Gasteiger partial charge is 0.490 e. The summed E-state index contributed by atoms with van der Waals surface area (Å²) in [6.45, 7) is 4.09. The van der Waals surface area contributed by atoms with Crippen molar-refractivity contribution in [3.05, 3.63) is 80.3 Å². The van der Waals surface area contributed by atoms with Crippen molar-refractivity contribution >= 4 is 34.8 Å². The zero-order valence-electron chi connectivity index (χ0n) is 17.4. The summed E-state index contributed by atoms with van der Waals surface area (Å²) in [7, 11) is 0. The van der Waals surface area contributed by atoms with E-state index in [-0.39, 0.29) is 13.4 Å². The molecule has 8 heteroatoms. The monoisotopic (exact) mass is 493 g/mol. The van der Waals surface area contributed by atoms with Gasteiger partial charge in [0.1, 0.15) is 6.61 Å². The number of ether oxygens (including phenoxy) is 4. The number of halogens is 3. The predicted molar refractivity (Wildman–Crippen MR) is 127 cm³/mol. The van der Waals surface area contributed by atoms with Gasteiger partial charge in [-0.3, -0.25) is 0 Å². The van der Waals surface area contributed by atoms with Crippen LogP contribution in [-0.2, 0) is 19.7 Å². The van der Waals surface area contributed by atoms with Crippen molar-refractivity contribution < 1.29 is 18.9 Å². The Labute approximate surface area is 202 Å². The molecule has 3 aromatic rings. The highest BCUT2D eigenvalue weighted by molar-refractivity contribution is 6.36. The van der Waals surface area contributed by atoms with E-state index < -0.39 is 0 Å². The van der Waals surface area contributed by atoms with Crippen LogP contribution in [0, 0.1) is 0 Å². The normalized spacial score (nSPS) is 12.1. The molecule has 32 heavy (non-hydrogen) atoms. The standard InChI is InChI=1S/C24H22Cl3NO4/c1-2-29-23-9-16(12-28-11-15-6-7-21-22(8-15)32-14-31-21)20(27)10-24(23)30-13-17-18(25)4-3-5-19(17)26/h3-10,28H,2,11-14H2,1H3. The lowest BCUT2D eigenvalue weighted by atomic mass is 10.1. The van der Waals surface area contributed by atoms with Crippen LogP contribution in [0.3, 0.4) is 0 Å². The first kappa shape index (κ1) is 22.9. The number of fused-ring (bicyclic) bond motifs is 1. The highest BCUT2D eigenvalue weighted by Gasteiger charge is 2.15. The van der Waals surface area contributed by atoms with Gasteiger partial charge in [0.25, 0.3) is 0 Å². The second-order valence-corrected chi connectivity index (χ2v) is 8.33. The molecule has 3 aromatic carbocycles. The molecule has 168 valence electrons. The summed E-state index contributed by atoms with van der Waals surface area (Å²) in [4.78, 5) is 0. The molecule has 0 unspecified atom stereocenters. The summed E-state index contributed by atoms with van der Waals surface area (Å²) < 4.78 is 22.5. The highest BCUT2D eigenvalue weighted by atomic mass is 35.5. The zero-order chi connectivity index (χ0) is 22.5. The molecule has 1 aliphatic rings. The van der Waals surface area contributed by atoms with E-state index in [0.29, 0.717) is 51.8 Å². The van der Waals surface area contributed by atoms with E-state index in [1.807, 2.05) is 31.2 Å². The molecular weight excluding hydrogens is 473 g/mol. The van der Waals surface area contributed by atoms with Crippen LogP contribution in [0.5, 0.6) is 23.0 Å². The SMILES string of the molecule is CCOc1cc(CNCc2ccc3c(c2)OCO3)c(Cl)cc1OCc1c(Cl)cccc1Cl. The van der Waals surface area contributed by atoms with Crippen LogP contribution in [0.15, 0.2) is 48.5 Å². The van der Waals surface area contributed by atoms with E-state index in [4.69, 9.17) is 53.8 Å². The van der Waals surface area contributed by atoms with Gasteiger partial charge in [0.15, 0.2) is 23.0 Å². The Hall–Kier alpha value is -2.31. The zero-order valence-corrected chi connectivity index (χ0v) is 19.7. The van der Waals surface area contributed by atoms with E-state index in [2.05, 4.69) is 5.32 Å². The third-order valence-electron chi connectivity index (χ3n) is 4.93. The lowest BCUT2D eigenvalue weighted by Gasteiger charge is -2.16. The molecule has 0 aliphatic carbocycles. The Morgan fingerprint density at radius 2 is 1.59 bits per heavy atom. The first-order chi connectivity index (χ1) is 15.5. The summed E-state index contributed by atoms with van der Waals surface area (Å²) in [6.07, 6.45) is 0. The summed E-state index contributed by atoms with van der Waals surface area (Å²) in [5.74, 6) is 2.68.